The van der Waals surface area contributed by atoms with Crippen molar-refractivity contribution in [2.75, 3.05) is 19.0 Å². The first-order valence-corrected chi connectivity index (χ1v) is 12.1. The second kappa shape index (κ2) is 12.2. The molecule has 9 nitrogen and oxygen atoms in total. The topological polar surface area (TPSA) is 116 Å². The highest BCUT2D eigenvalue weighted by atomic mass is 16.5. The fourth-order valence-electron chi connectivity index (χ4n) is 3.73. The molecule has 0 bridgehead atoms. The highest BCUT2D eigenvalue weighted by Crippen LogP contribution is 2.32. The third kappa shape index (κ3) is 6.84. The predicted octanol–water partition coefficient (Wildman–Crippen LogP) is 4.63. The first-order valence-electron chi connectivity index (χ1n) is 12.1. The molecule has 0 atom stereocenters. The number of carboxylic acid groups (broad SMARTS) is 1. The van der Waals surface area contributed by atoms with Gasteiger partial charge in [0.1, 0.15) is 0 Å². The lowest BCUT2D eigenvalue weighted by molar-refractivity contribution is -0.136. The minimum Gasteiger partial charge on any atom is -0.493 e. The molecule has 0 spiro atoms. The number of carboxylic acids is 1. The average molecular weight is 495 g/mol. The molecule has 192 valence electrons. The molecule has 0 saturated carbocycles. The maximum Gasteiger partial charge on any atom is 0.307 e. The number of carbonyl (C=O) groups is 2. The van der Waals surface area contributed by atoms with Gasteiger partial charge in [0, 0.05) is 17.7 Å². The van der Waals surface area contributed by atoms with Gasteiger partial charge in [0.15, 0.2) is 17.3 Å². The van der Waals surface area contributed by atoms with Crippen molar-refractivity contribution >= 4 is 17.6 Å². The van der Waals surface area contributed by atoms with E-state index in [1.54, 1.807) is 29.1 Å². The SMILES string of the molecule is COc1cccc(CC(=O)O)c1OCCCc1cn(-c2ccc(NC(=O)C(C)C)cn2)nc1C(C)C. The van der Waals surface area contributed by atoms with Crippen LogP contribution in [0.25, 0.3) is 5.82 Å². The molecule has 0 radical (unpaired) electrons. The fourth-order valence-corrected chi connectivity index (χ4v) is 3.73. The van der Waals surface area contributed by atoms with E-state index < -0.39 is 5.97 Å². The van der Waals surface area contributed by atoms with Gasteiger partial charge in [0.25, 0.3) is 0 Å². The van der Waals surface area contributed by atoms with Crippen molar-refractivity contribution in [3.05, 3.63) is 59.5 Å². The quantitative estimate of drug-likeness (QED) is 0.353. The van der Waals surface area contributed by atoms with Gasteiger partial charge in [-0.25, -0.2) is 9.67 Å². The normalized spacial score (nSPS) is 11.1. The van der Waals surface area contributed by atoms with Gasteiger partial charge in [-0.15, -0.1) is 0 Å². The summed E-state index contributed by atoms with van der Waals surface area (Å²) < 4.78 is 13.1. The Morgan fingerprint density at radius 2 is 1.89 bits per heavy atom. The van der Waals surface area contributed by atoms with E-state index >= 15 is 0 Å². The number of para-hydroxylation sites is 1. The summed E-state index contributed by atoms with van der Waals surface area (Å²) in [7, 11) is 1.54. The Labute approximate surface area is 211 Å². The predicted molar refractivity (Wildman–Crippen MR) is 137 cm³/mol. The zero-order valence-electron chi connectivity index (χ0n) is 21.4. The number of aliphatic carboxylic acids is 1. The Balaban J connectivity index is 1.68. The van der Waals surface area contributed by atoms with Crippen molar-refractivity contribution in [2.24, 2.45) is 5.92 Å². The van der Waals surface area contributed by atoms with Crippen molar-refractivity contribution in [3.63, 3.8) is 0 Å². The molecule has 9 heteroatoms. The fraction of sp³-hybridized carbons (Fsp3) is 0.407. The van der Waals surface area contributed by atoms with E-state index in [1.165, 1.54) is 7.11 Å². The van der Waals surface area contributed by atoms with Crippen molar-refractivity contribution in [1.29, 1.82) is 0 Å². The van der Waals surface area contributed by atoms with Crippen LogP contribution in [0, 0.1) is 5.92 Å². The Morgan fingerprint density at radius 1 is 1.11 bits per heavy atom. The van der Waals surface area contributed by atoms with Crippen LogP contribution in [-0.2, 0) is 22.4 Å². The van der Waals surface area contributed by atoms with Crippen LogP contribution in [0.1, 0.15) is 56.9 Å². The molecule has 0 saturated heterocycles. The standard InChI is InChI=1S/C27H34N4O5/c1-17(2)25-20(9-7-13-36-26-19(14-24(32)33)8-6-10-22(26)35-5)16-31(30-25)23-12-11-21(15-28-23)29-27(34)18(3)4/h6,8,10-12,15-18H,7,9,13-14H2,1-5H3,(H,29,34)(H,32,33). The van der Waals surface area contributed by atoms with E-state index in [9.17, 15) is 14.7 Å². The van der Waals surface area contributed by atoms with Gasteiger partial charge >= 0.3 is 5.97 Å². The second-order valence-electron chi connectivity index (χ2n) is 9.16. The van der Waals surface area contributed by atoms with Crippen LogP contribution in [0.2, 0.25) is 0 Å². The van der Waals surface area contributed by atoms with Crippen LogP contribution < -0.4 is 14.8 Å². The number of ether oxygens (including phenoxy) is 2. The lowest BCUT2D eigenvalue weighted by atomic mass is 10.0. The Bertz CT molecular complexity index is 1190. The van der Waals surface area contributed by atoms with Crippen LogP contribution in [0.3, 0.4) is 0 Å². The molecule has 1 aromatic carbocycles. The van der Waals surface area contributed by atoms with Gasteiger partial charge in [-0.1, -0.05) is 39.8 Å². The van der Waals surface area contributed by atoms with E-state index in [4.69, 9.17) is 14.6 Å². The summed E-state index contributed by atoms with van der Waals surface area (Å²) in [6.07, 6.45) is 4.91. The third-order valence-electron chi connectivity index (χ3n) is 5.60. The number of pyridine rings is 1. The highest BCUT2D eigenvalue weighted by Gasteiger charge is 2.16. The molecule has 3 aromatic rings. The third-order valence-corrected chi connectivity index (χ3v) is 5.60. The highest BCUT2D eigenvalue weighted by molar-refractivity contribution is 5.91. The second-order valence-corrected chi connectivity index (χ2v) is 9.16. The molecule has 36 heavy (non-hydrogen) atoms. The number of rotatable bonds is 12. The number of hydrogen-bond donors (Lipinski definition) is 2. The summed E-state index contributed by atoms with van der Waals surface area (Å²) in [5.41, 5.74) is 3.30. The Morgan fingerprint density at radius 3 is 2.50 bits per heavy atom. The van der Waals surface area contributed by atoms with Crippen molar-refractivity contribution in [1.82, 2.24) is 14.8 Å². The van der Waals surface area contributed by atoms with Crippen molar-refractivity contribution in [2.45, 2.75) is 52.9 Å². The molecule has 0 unspecified atom stereocenters. The molecule has 0 aliphatic heterocycles. The summed E-state index contributed by atoms with van der Waals surface area (Å²) in [5, 5.41) is 16.8. The number of benzene rings is 1. The molecule has 0 fully saturated rings. The van der Waals surface area contributed by atoms with Crippen molar-refractivity contribution in [3.8, 4) is 17.3 Å². The smallest absolute Gasteiger partial charge is 0.307 e. The lowest BCUT2D eigenvalue weighted by Crippen LogP contribution is -2.17. The molecular formula is C27H34N4O5. The molecule has 2 N–H and O–H groups in total. The zero-order chi connectivity index (χ0) is 26.2. The summed E-state index contributed by atoms with van der Waals surface area (Å²) in [6.45, 7) is 8.27. The minimum absolute atomic E-state index is 0.0570. The van der Waals surface area contributed by atoms with E-state index in [-0.39, 0.29) is 24.2 Å². The van der Waals surface area contributed by atoms with Gasteiger partial charge in [-0.3, -0.25) is 9.59 Å². The number of amides is 1. The van der Waals surface area contributed by atoms with E-state index in [1.807, 2.05) is 32.2 Å². The number of aromatic nitrogens is 3. The minimum atomic E-state index is -0.925. The summed E-state index contributed by atoms with van der Waals surface area (Å²) in [4.78, 5) is 27.6. The van der Waals surface area contributed by atoms with Crippen LogP contribution in [0.15, 0.2) is 42.7 Å². The summed E-state index contributed by atoms with van der Waals surface area (Å²) in [6, 6.07) is 8.89. The van der Waals surface area contributed by atoms with Gasteiger partial charge in [0.05, 0.1) is 37.7 Å². The molecule has 1 amide bonds. The number of nitrogens with one attached hydrogen (secondary N) is 1. The molecule has 2 heterocycles. The largest absolute Gasteiger partial charge is 0.493 e. The van der Waals surface area contributed by atoms with E-state index in [0.29, 0.717) is 41.6 Å². The number of methoxy groups -OCH3 is 1. The van der Waals surface area contributed by atoms with Crippen LogP contribution in [-0.4, -0.2) is 45.5 Å². The summed E-state index contributed by atoms with van der Waals surface area (Å²) >= 11 is 0. The maximum absolute atomic E-state index is 11.9. The van der Waals surface area contributed by atoms with Crippen molar-refractivity contribution < 1.29 is 24.2 Å². The first-order chi connectivity index (χ1) is 17.2. The zero-order valence-corrected chi connectivity index (χ0v) is 21.4. The Kier molecular flexibility index (Phi) is 9.05. The molecule has 0 aliphatic carbocycles. The summed E-state index contributed by atoms with van der Waals surface area (Å²) in [5.74, 6) is 0.782. The average Bonchev–Trinajstić information content (AvgIpc) is 3.27. The van der Waals surface area contributed by atoms with E-state index in [2.05, 4.69) is 24.1 Å². The molecular weight excluding hydrogens is 460 g/mol. The lowest BCUT2D eigenvalue weighted by Gasteiger charge is -2.14. The number of carbonyl (C=O) groups excluding carboxylic acids is 1. The number of aryl methyl sites for hydroxylation is 1. The van der Waals surface area contributed by atoms with Crippen LogP contribution in [0.5, 0.6) is 11.5 Å². The Hall–Kier alpha value is -3.88. The first kappa shape index (κ1) is 26.7. The van der Waals surface area contributed by atoms with Gasteiger partial charge in [-0.05, 0) is 42.5 Å². The van der Waals surface area contributed by atoms with Crippen LogP contribution in [0.4, 0.5) is 5.69 Å². The molecule has 2 aromatic heterocycles. The monoisotopic (exact) mass is 494 g/mol. The van der Waals surface area contributed by atoms with Gasteiger partial charge < -0.3 is 19.9 Å². The number of nitrogens with zero attached hydrogens (tertiary/aromatic N) is 3. The molecule has 3 rings (SSSR count). The number of anilines is 1. The molecule has 0 aliphatic rings. The van der Waals surface area contributed by atoms with Gasteiger partial charge in [0.2, 0.25) is 5.91 Å². The van der Waals surface area contributed by atoms with Crippen LogP contribution >= 0.6 is 0 Å². The van der Waals surface area contributed by atoms with Gasteiger partial charge in [-0.2, -0.15) is 5.10 Å². The van der Waals surface area contributed by atoms with E-state index in [0.717, 1.165) is 17.7 Å². The maximum atomic E-state index is 11.9. The number of hydrogen-bond acceptors (Lipinski definition) is 6.